The van der Waals surface area contributed by atoms with Gasteiger partial charge in [0.1, 0.15) is 18.5 Å². The van der Waals surface area contributed by atoms with Crippen LogP contribution in [0.4, 0.5) is 0 Å². The molecular formula is C16H28N2O2. The molecule has 0 heterocycles. The highest BCUT2D eigenvalue weighted by molar-refractivity contribution is 5.35. The molecule has 1 unspecified atom stereocenters. The Kier molecular flexibility index (Phi) is 7.59. The van der Waals surface area contributed by atoms with Crippen molar-refractivity contribution in [3.8, 4) is 5.75 Å². The van der Waals surface area contributed by atoms with Gasteiger partial charge in [-0.05, 0) is 64.6 Å². The van der Waals surface area contributed by atoms with Crippen LogP contribution in [0.15, 0.2) is 18.2 Å². The maximum absolute atomic E-state index is 9.88. The molecule has 0 bridgehead atoms. The van der Waals surface area contributed by atoms with Gasteiger partial charge in [-0.15, -0.1) is 0 Å². The first-order valence-corrected chi connectivity index (χ1v) is 7.22. The summed E-state index contributed by atoms with van der Waals surface area (Å²) in [6.07, 6.45) is 0.603. The number of hydrogen-bond acceptors (Lipinski definition) is 4. The third-order valence-electron chi connectivity index (χ3n) is 3.11. The van der Waals surface area contributed by atoms with Gasteiger partial charge in [-0.2, -0.15) is 0 Å². The fraction of sp³-hybridized carbons (Fsp3) is 0.625. The zero-order valence-electron chi connectivity index (χ0n) is 13.1. The quantitative estimate of drug-likeness (QED) is 0.674. The van der Waals surface area contributed by atoms with Crippen LogP contribution in [0.3, 0.4) is 0 Å². The van der Waals surface area contributed by atoms with Crippen LogP contribution < -0.4 is 10.1 Å². The van der Waals surface area contributed by atoms with Gasteiger partial charge in [0.2, 0.25) is 0 Å². The number of nitrogens with one attached hydrogen (secondary N) is 1. The van der Waals surface area contributed by atoms with Crippen molar-refractivity contribution in [3.05, 3.63) is 29.3 Å². The van der Waals surface area contributed by atoms with E-state index >= 15 is 0 Å². The van der Waals surface area contributed by atoms with Crippen LogP contribution in [-0.2, 0) is 0 Å². The Balaban J connectivity index is 2.19. The third kappa shape index (κ3) is 6.89. The molecule has 0 saturated heterocycles. The lowest BCUT2D eigenvalue weighted by atomic mass is 10.1. The van der Waals surface area contributed by atoms with Crippen LogP contribution in [0.5, 0.6) is 5.75 Å². The van der Waals surface area contributed by atoms with Crippen molar-refractivity contribution in [2.24, 2.45) is 0 Å². The average molecular weight is 280 g/mol. The van der Waals surface area contributed by atoms with Gasteiger partial charge in [0.05, 0.1) is 0 Å². The van der Waals surface area contributed by atoms with E-state index in [9.17, 15) is 5.11 Å². The average Bonchev–Trinajstić information content (AvgIpc) is 2.39. The van der Waals surface area contributed by atoms with Crippen LogP contribution in [0, 0.1) is 13.8 Å². The normalized spacial score (nSPS) is 12.7. The van der Waals surface area contributed by atoms with E-state index in [1.165, 1.54) is 5.56 Å². The standard InChI is InChI=1S/C16H28N2O2/c1-13-6-7-14(2)16(10-13)20-12-15(19)11-17-8-5-9-18(3)4/h6-7,10,15,17,19H,5,8-9,11-12H2,1-4H3. The Bertz CT molecular complexity index is 394. The van der Waals surface area contributed by atoms with Crippen molar-refractivity contribution in [2.45, 2.75) is 26.4 Å². The molecule has 0 saturated carbocycles. The number of benzene rings is 1. The molecule has 4 heteroatoms. The lowest BCUT2D eigenvalue weighted by Crippen LogP contribution is -2.33. The number of aliphatic hydroxyl groups is 1. The molecule has 1 rings (SSSR count). The first kappa shape index (κ1) is 17.0. The van der Waals surface area contributed by atoms with E-state index in [4.69, 9.17) is 4.74 Å². The van der Waals surface area contributed by atoms with Crippen molar-refractivity contribution in [2.75, 3.05) is 40.3 Å². The Morgan fingerprint density at radius 2 is 2.05 bits per heavy atom. The molecule has 1 aromatic rings. The predicted octanol–water partition coefficient (Wildman–Crippen LogP) is 1.58. The molecular weight excluding hydrogens is 252 g/mol. The monoisotopic (exact) mass is 280 g/mol. The second-order valence-corrected chi connectivity index (χ2v) is 5.59. The zero-order valence-corrected chi connectivity index (χ0v) is 13.1. The summed E-state index contributed by atoms with van der Waals surface area (Å²) in [6.45, 7) is 6.92. The number of aliphatic hydroxyl groups excluding tert-OH is 1. The van der Waals surface area contributed by atoms with E-state index in [1.807, 2.05) is 26.0 Å². The molecule has 4 nitrogen and oxygen atoms in total. The van der Waals surface area contributed by atoms with Gasteiger partial charge in [-0.25, -0.2) is 0 Å². The van der Waals surface area contributed by atoms with E-state index in [1.54, 1.807) is 0 Å². The summed E-state index contributed by atoms with van der Waals surface area (Å²) < 4.78 is 5.68. The van der Waals surface area contributed by atoms with Crippen LogP contribution >= 0.6 is 0 Å². The molecule has 1 aromatic carbocycles. The van der Waals surface area contributed by atoms with Gasteiger partial charge in [-0.1, -0.05) is 12.1 Å². The van der Waals surface area contributed by atoms with Gasteiger partial charge >= 0.3 is 0 Å². The lowest BCUT2D eigenvalue weighted by Gasteiger charge is -2.15. The molecule has 1 atom stereocenters. The number of ether oxygens (including phenoxy) is 1. The van der Waals surface area contributed by atoms with E-state index in [-0.39, 0.29) is 0 Å². The molecule has 0 aliphatic rings. The zero-order chi connectivity index (χ0) is 15.0. The SMILES string of the molecule is Cc1ccc(C)c(OCC(O)CNCCCN(C)C)c1. The summed E-state index contributed by atoms with van der Waals surface area (Å²) >= 11 is 0. The highest BCUT2D eigenvalue weighted by Gasteiger charge is 2.06. The van der Waals surface area contributed by atoms with Crippen molar-refractivity contribution in [1.29, 1.82) is 0 Å². The summed E-state index contributed by atoms with van der Waals surface area (Å²) in [5.41, 5.74) is 2.27. The summed E-state index contributed by atoms with van der Waals surface area (Å²) in [4.78, 5) is 2.15. The van der Waals surface area contributed by atoms with Gasteiger partial charge in [0.15, 0.2) is 0 Å². The molecule has 20 heavy (non-hydrogen) atoms. The van der Waals surface area contributed by atoms with E-state index < -0.39 is 6.10 Å². The molecule has 0 aliphatic heterocycles. The minimum atomic E-state index is -0.478. The van der Waals surface area contributed by atoms with Crippen LogP contribution in [0.25, 0.3) is 0 Å². The number of rotatable bonds is 9. The fourth-order valence-electron chi connectivity index (χ4n) is 1.90. The Labute approximate surface area is 122 Å². The van der Waals surface area contributed by atoms with Gasteiger partial charge in [0.25, 0.3) is 0 Å². The first-order chi connectivity index (χ1) is 9.49. The maximum atomic E-state index is 9.88. The Morgan fingerprint density at radius 3 is 2.75 bits per heavy atom. The largest absolute Gasteiger partial charge is 0.491 e. The van der Waals surface area contributed by atoms with Crippen molar-refractivity contribution < 1.29 is 9.84 Å². The molecule has 0 spiro atoms. The number of aryl methyl sites for hydroxylation is 2. The fourth-order valence-corrected chi connectivity index (χ4v) is 1.90. The maximum Gasteiger partial charge on any atom is 0.122 e. The molecule has 0 radical (unpaired) electrons. The smallest absolute Gasteiger partial charge is 0.122 e. The van der Waals surface area contributed by atoms with Gasteiger partial charge < -0.3 is 20.1 Å². The van der Waals surface area contributed by atoms with Crippen LogP contribution in [-0.4, -0.2) is 56.4 Å². The van der Waals surface area contributed by atoms with E-state index in [2.05, 4.69) is 30.4 Å². The van der Waals surface area contributed by atoms with E-state index in [0.717, 1.165) is 30.8 Å². The lowest BCUT2D eigenvalue weighted by molar-refractivity contribution is 0.106. The minimum absolute atomic E-state index is 0.324. The number of hydrogen-bond donors (Lipinski definition) is 2. The molecule has 2 N–H and O–H groups in total. The highest BCUT2D eigenvalue weighted by Crippen LogP contribution is 2.19. The Hall–Kier alpha value is -1.10. The molecule has 0 amide bonds. The Morgan fingerprint density at radius 1 is 1.30 bits per heavy atom. The summed E-state index contributed by atoms with van der Waals surface area (Å²) in [7, 11) is 4.12. The van der Waals surface area contributed by atoms with Gasteiger partial charge in [-0.3, -0.25) is 0 Å². The molecule has 0 aromatic heterocycles. The van der Waals surface area contributed by atoms with E-state index in [0.29, 0.717) is 13.2 Å². The van der Waals surface area contributed by atoms with Crippen molar-refractivity contribution in [1.82, 2.24) is 10.2 Å². The van der Waals surface area contributed by atoms with Crippen LogP contribution in [0.1, 0.15) is 17.5 Å². The molecule has 0 fully saturated rings. The topological polar surface area (TPSA) is 44.7 Å². The molecule has 114 valence electrons. The molecule has 0 aliphatic carbocycles. The van der Waals surface area contributed by atoms with Crippen molar-refractivity contribution >= 4 is 0 Å². The highest BCUT2D eigenvalue weighted by atomic mass is 16.5. The second kappa shape index (κ2) is 8.95. The summed E-state index contributed by atoms with van der Waals surface area (Å²) in [6, 6.07) is 6.11. The number of nitrogens with zero attached hydrogens (tertiary/aromatic N) is 1. The van der Waals surface area contributed by atoms with Crippen LogP contribution in [0.2, 0.25) is 0 Å². The second-order valence-electron chi connectivity index (χ2n) is 5.59. The predicted molar refractivity (Wildman–Crippen MR) is 83.5 cm³/mol. The summed E-state index contributed by atoms with van der Waals surface area (Å²) in [5.74, 6) is 0.858. The summed E-state index contributed by atoms with van der Waals surface area (Å²) in [5, 5.41) is 13.1. The third-order valence-corrected chi connectivity index (χ3v) is 3.11. The van der Waals surface area contributed by atoms with Gasteiger partial charge in [0, 0.05) is 6.54 Å². The van der Waals surface area contributed by atoms with Crippen molar-refractivity contribution in [3.63, 3.8) is 0 Å². The minimum Gasteiger partial charge on any atom is -0.491 e. The first-order valence-electron chi connectivity index (χ1n) is 7.22.